The number of aromatic nitrogens is 1. The maximum atomic E-state index is 9.90. The molecule has 0 aliphatic rings. The van der Waals surface area contributed by atoms with E-state index < -0.39 is 6.10 Å². The van der Waals surface area contributed by atoms with Gasteiger partial charge in [-0.05, 0) is 18.6 Å². The molecule has 0 radical (unpaired) electrons. The number of aliphatic hydroxyl groups is 1. The normalized spacial score (nSPS) is 12.9. The molecule has 1 atom stereocenters. The van der Waals surface area contributed by atoms with Gasteiger partial charge >= 0.3 is 0 Å². The predicted molar refractivity (Wildman–Crippen MR) is 64.5 cm³/mol. The first-order chi connectivity index (χ1) is 7.29. The predicted octanol–water partition coefficient (Wildman–Crippen LogP) is 3.04. The Balaban J connectivity index is 2.02. The molecule has 0 amide bonds. The van der Waals surface area contributed by atoms with E-state index in [2.05, 4.69) is 24.0 Å². The second-order valence-electron chi connectivity index (χ2n) is 3.31. The average Bonchev–Trinajstić information content (AvgIpc) is 2.87. The molecule has 2 heterocycles. The van der Waals surface area contributed by atoms with Gasteiger partial charge in [-0.2, -0.15) is 0 Å². The van der Waals surface area contributed by atoms with Gasteiger partial charge in [0.25, 0.3) is 0 Å². The fraction of sp³-hybridized carbons (Fsp3) is 0.364. The Morgan fingerprint density at radius 1 is 1.40 bits per heavy atom. The van der Waals surface area contributed by atoms with Crippen molar-refractivity contribution < 1.29 is 5.11 Å². The monoisotopic (exact) mass is 239 g/mol. The van der Waals surface area contributed by atoms with Crippen LogP contribution in [0.5, 0.6) is 0 Å². The fourth-order valence-electron chi connectivity index (χ4n) is 1.40. The number of thiazole rings is 1. The minimum absolute atomic E-state index is 0.451. The summed E-state index contributed by atoms with van der Waals surface area (Å²) in [6.45, 7) is 2.15. The van der Waals surface area contributed by atoms with Gasteiger partial charge in [-0.15, -0.1) is 22.7 Å². The molecule has 2 aromatic rings. The smallest absolute Gasteiger partial charge is 0.122 e. The summed E-state index contributed by atoms with van der Waals surface area (Å²) < 4.78 is 0. The summed E-state index contributed by atoms with van der Waals surface area (Å²) >= 11 is 3.28. The van der Waals surface area contributed by atoms with Crippen LogP contribution in [0.4, 0.5) is 0 Å². The number of aryl methyl sites for hydroxylation is 1. The zero-order valence-corrected chi connectivity index (χ0v) is 10.1. The third-order valence-corrected chi connectivity index (χ3v) is 4.33. The van der Waals surface area contributed by atoms with Crippen LogP contribution in [-0.4, -0.2) is 10.1 Å². The second kappa shape index (κ2) is 4.88. The summed E-state index contributed by atoms with van der Waals surface area (Å²) in [5, 5.41) is 12.6. The summed E-state index contributed by atoms with van der Waals surface area (Å²) in [6.07, 6.45) is 3.03. The number of aliphatic hydroxyl groups excluding tert-OH is 1. The molecule has 2 aromatic heterocycles. The molecule has 0 aromatic carbocycles. The molecule has 0 fully saturated rings. The average molecular weight is 239 g/mol. The molecule has 15 heavy (non-hydrogen) atoms. The van der Waals surface area contributed by atoms with E-state index in [1.165, 1.54) is 21.1 Å². The number of nitrogens with zero attached hydrogens (tertiary/aromatic N) is 1. The minimum atomic E-state index is -0.451. The lowest BCUT2D eigenvalue weighted by molar-refractivity contribution is 0.179. The van der Waals surface area contributed by atoms with Crippen molar-refractivity contribution in [1.29, 1.82) is 0 Å². The van der Waals surface area contributed by atoms with Crippen molar-refractivity contribution in [2.24, 2.45) is 0 Å². The van der Waals surface area contributed by atoms with E-state index in [4.69, 9.17) is 0 Å². The minimum Gasteiger partial charge on any atom is -0.386 e. The SMILES string of the molecule is CCc1ccc(CC(O)c2nccs2)s1. The molecule has 0 saturated carbocycles. The maximum Gasteiger partial charge on any atom is 0.122 e. The molecule has 0 spiro atoms. The van der Waals surface area contributed by atoms with Crippen molar-refractivity contribution in [3.63, 3.8) is 0 Å². The van der Waals surface area contributed by atoms with Crippen LogP contribution in [0.2, 0.25) is 0 Å². The summed E-state index contributed by atoms with van der Waals surface area (Å²) in [5.41, 5.74) is 0. The van der Waals surface area contributed by atoms with Crippen molar-refractivity contribution in [2.75, 3.05) is 0 Å². The highest BCUT2D eigenvalue weighted by molar-refractivity contribution is 7.12. The van der Waals surface area contributed by atoms with Gasteiger partial charge in [0.1, 0.15) is 11.1 Å². The van der Waals surface area contributed by atoms with Gasteiger partial charge in [0.05, 0.1) is 0 Å². The standard InChI is InChI=1S/C11H13NOS2/c1-2-8-3-4-9(15-8)7-10(13)11-12-5-6-14-11/h3-6,10,13H,2,7H2,1H3. The van der Waals surface area contributed by atoms with Crippen LogP contribution in [0, 0.1) is 0 Å². The maximum absolute atomic E-state index is 9.90. The summed E-state index contributed by atoms with van der Waals surface area (Å²) in [5.74, 6) is 0. The van der Waals surface area contributed by atoms with E-state index in [0.717, 1.165) is 11.4 Å². The van der Waals surface area contributed by atoms with Crippen LogP contribution < -0.4 is 0 Å². The number of hydrogen-bond acceptors (Lipinski definition) is 4. The van der Waals surface area contributed by atoms with Gasteiger partial charge in [0.2, 0.25) is 0 Å². The summed E-state index contributed by atoms with van der Waals surface area (Å²) in [7, 11) is 0. The Bertz CT molecular complexity index is 408. The Morgan fingerprint density at radius 2 is 2.20 bits per heavy atom. The van der Waals surface area contributed by atoms with Crippen molar-refractivity contribution in [2.45, 2.75) is 25.9 Å². The lowest BCUT2D eigenvalue weighted by Crippen LogP contribution is -1.99. The Morgan fingerprint density at radius 3 is 2.80 bits per heavy atom. The third-order valence-electron chi connectivity index (χ3n) is 2.20. The van der Waals surface area contributed by atoms with Crippen LogP contribution >= 0.6 is 22.7 Å². The third kappa shape index (κ3) is 2.65. The first-order valence-electron chi connectivity index (χ1n) is 4.94. The fourth-order valence-corrected chi connectivity index (χ4v) is 3.02. The van der Waals surface area contributed by atoms with Gasteiger partial charge in [0, 0.05) is 27.8 Å². The second-order valence-corrected chi connectivity index (χ2v) is 5.49. The molecular formula is C11H13NOS2. The molecule has 0 aliphatic carbocycles. The van der Waals surface area contributed by atoms with E-state index >= 15 is 0 Å². The van der Waals surface area contributed by atoms with Gasteiger partial charge in [-0.25, -0.2) is 4.98 Å². The molecule has 2 rings (SSSR count). The molecule has 0 aliphatic heterocycles. The topological polar surface area (TPSA) is 33.1 Å². The van der Waals surface area contributed by atoms with E-state index in [1.54, 1.807) is 17.5 Å². The Kier molecular flexibility index (Phi) is 3.51. The lowest BCUT2D eigenvalue weighted by Gasteiger charge is -2.04. The molecule has 4 heteroatoms. The number of thiophene rings is 1. The van der Waals surface area contributed by atoms with Gasteiger partial charge in [-0.1, -0.05) is 6.92 Å². The molecule has 80 valence electrons. The zero-order valence-electron chi connectivity index (χ0n) is 8.51. The van der Waals surface area contributed by atoms with E-state index in [1.807, 2.05) is 5.38 Å². The highest BCUT2D eigenvalue weighted by atomic mass is 32.1. The first kappa shape index (κ1) is 10.8. The first-order valence-corrected chi connectivity index (χ1v) is 6.64. The van der Waals surface area contributed by atoms with E-state index in [9.17, 15) is 5.11 Å². The highest BCUT2D eigenvalue weighted by Gasteiger charge is 2.12. The van der Waals surface area contributed by atoms with Gasteiger partial charge < -0.3 is 5.11 Å². The van der Waals surface area contributed by atoms with E-state index in [-0.39, 0.29) is 0 Å². The van der Waals surface area contributed by atoms with Crippen LogP contribution in [0.15, 0.2) is 23.7 Å². The summed E-state index contributed by atoms with van der Waals surface area (Å²) in [4.78, 5) is 6.72. The Hall–Kier alpha value is -0.710. The molecule has 1 N–H and O–H groups in total. The Labute approximate surface area is 97.2 Å². The number of hydrogen-bond donors (Lipinski definition) is 1. The van der Waals surface area contributed by atoms with Gasteiger partial charge in [-0.3, -0.25) is 0 Å². The van der Waals surface area contributed by atoms with Crippen molar-refractivity contribution >= 4 is 22.7 Å². The molecular weight excluding hydrogens is 226 g/mol. The van der Waals surface area contributed by atoms with Crippen molar-refractivity contribution in [3.8, 4) is 0 Å². The largest absolute Gasteiger partial charge is 0.386 e. The molecule has 0 bridgehead atoms. The van der Waals surface area contributed by atoms with Crippen LogP contribution in [0.3, 0.4) is 0 Å². The molecule has 2 nitrogen and oxygen atoms in total. The van der Waals surface area contributed by atoms with E-state index in [0.29, 0.717) is 6.42 Å². The van der Waals surface area contributed by atoms with Gasteiger partial charge in [0.15, 0.2) is 0 Å². The summed E-state index contributed by atoms with van der Waals surface area (Å²) in [6, 6.07) is 4.23. The zero-order chi connectivity index (χ0) is 10.7. The van der Waals surface area contributed by atoms with Crippen LogP contribution in [-0.2, 0) is 12.8 Å². The molecule has 1 unspecified atom stereocenters. The van der Waals surface area contributed by atoms with Crippen molar-refractivity contribution in [1.82, 2.24) is 4.98 Å². The van der Waals surface area contributed by atoms with Crippen molar-refractivity contribution in [3.05, 3.63) is 38.5 Å². The van der Waals surface area contributed by atoms with Crippen LogP contribution in [0.1, 0.15) is 27.8 Å². The molecule has 0 saturated heterocycles. The highest BCUT2D eigenvalue weighted by Crippen LogP contribution is 2.24. The quantitative estimate of drug-likeness (QED) is 0.889. The van der Waals surface area contributed by atoms with Crippen LogP contribution in [0.25, 0.3) is 0 Å². The number of rotatable bonds is 4. The lowest BCUT2D eigenvalue weighted by atomic mass is 10.2.